The minimum atomic E-state index is -0.525. The van der Waals surface area contributed by atoms with Crippen molar-refractivity contribution < 1.29 is 14.3 Å². The monoisotopic (exact) mass is 291 g/mol. The van der Waals surface area contributed by atoms with Gasteiger partial charge in [-0.2, -0.15) is 0 Å². The summed E-state index contributed by atoms with van der Waals surface area (Å²) >= 11 is 0. The molecule has 0 radical (unpaired) electrons. The van der Waals surface area contributed by atoms with Gasteiger partial charge >= 0.3 is 6.09 Å². The first-order chi connectivity index (χ1) is 9.80. The third-order valence-electron chi connectivity index (χ3n) is 2.99. The van der Waals surface area contributed by atoms with Gasteiger partial charge in [0.05, 0.1) is 0 Å². The molecule has 0 saturated carbocycles. The SMILES string of the molecule is Cc1cccc(CCC(C=O)CNC(=O)OC(C)(C)C)c1. The number of carbonyl (C=O) groups excluding carboxylic acids is 2. The predicted octanol–water partition coefficient (Wildman–Crippen LogP) is 3.27. The molecule has 1 atom stereocenters. The standard InChI is InChI=1S/C17H25NO3/c1-13-6-5-7-14(10-13)8-9-15(12-19)11-18-16(20)21-17(2,3)4/h5-7,10,12,15H,8-9,11H2,1-4H3,(H,18,20). The van der Waals surface area contributed by atoms with Gasteiger partial charge in [-0.05, 0) is 46.1 Å². The molecule has 1 amide bonds. The van der Waals surface area contributed by atoms with Crippen molar-refractivity contribution in [2.24, 2.45) is 5.92 Å². The minimum absolute atomic E-state index is 0.196. The molecule has 0 spiro atoms. The Balaban J connectivity index is 2.38. The van der Waals surface area contributed by atoms with Crippen LogP contribution in [0.3, 0.4) is 0 Å². The van der Waals surface area contributed by atoms with Crippen LogP contribution in [-0.2, 0) is 16.0 Å². The van der Waals surface area contributed by atoms with Crippen LogP contribution >= 0.6 is 0 Å². The van der Waals surface area contributed by atoms with Gasteiger partial charge in [0.1, 0.15) is 11.9 Å². The van der Waals surface area contributed by atoms with E-state index in [-0.39, 0.29) is 5.92 Å². The van der Waals surface area contributed by atoms with E-state index in [9.17, 15) is 9.59 Å². The number of rotatable bonds is 6. The van der Waals surface area contributed by atoms with Gasteiger partial charge < -0.3 is 14.8 Å². The quantitative estimate of drug-likeness (QED) is 0.818. The molecule has 4 heteroatoms. The van der Waals surface area contributed by atoms with Crippen LogP contribution in [-0.4, -0.2) is 24.5 Å². The molecule has 0 aliphatic heterocycles. The number of carbonyl (C=O) groups is 2. The number of nitrogens with one attached hydrogen (secondary N) is 1. The van der Waals surface area contributed by atoms with Crippen molar-refractivity contribution in [2.75, 3.05) is 6.54 Å². The second-order valence-corrected chi connectivity index (χ2v) is 6.31. The number of hydrogen-bond donors (Lipinski definition) is 1. The Bertz CT molecular complexity index is 477. The van der Waals surface area contributed by atoms with Gasteiger partial charge in [-0.3, -0.25) is 0 Å². The maximum Gasteiger partial charge on any atom is 0.407 e. The van der Waals surface area contributed by atoms with Crippen molar-refractivity contribution in [2.45, 2.75) is 46.1 Å². The van der Waals surface area contributed by atoms with Crippen molar-refractivity contribution in [1.82, 2.24) is 5.32 Å². The number of hydrogen-bond acceptors (Lipinski definition) is 3. The average Bonchev–Trinajstić information content (AvgIpc) is 2.37. The minimum Gasteiger partial charge on any atom is -0.444 e. The molecule has 1 unspecified atom stereocenters. The second kappa shape index (κ2) is 7.81. The number of amides is 1. The van der Waals surface area contributed by atoms with Crippen LogP contribution in [0.2, 0.25) is 0 Å². The molecule has 0 aliphatic carbocycles. The second-order valence-electron chi connectivity index (χ2n) is 6.31. The smallest absolute Gasteiger partial charge is 0.407 e. The van der Waals surface area contributed by atoms with Gasteiger partial charge in [-0.1, -0.05) is 29.8 Å². The maximum atomic E-state index is 11.5. The average molecular weight is 291 g/mol. The largest absolute Gasteiger partial charge is 0.444 e. The predicted molar refractivity (Wildman–Crippen MR) is 83.3 cm³/mol. The molecule has 0 aromatic heterocycles. The Morgan fingerprint density at radius 1 is 1.38 bits per heavy atom. The van der Waals surface area contributed by atoms with E-state index in [1.807, 2.05) is 39.8 Å². The molecule has 4 nitrogen and oxygen atoms in total. The normalized spacial score (nSPS) is 12.6. The van der Waals surface area contributed by atoms with Gasteiger partial charge in [0, 0.05) is 12.5 Å². The third-order valence-corrected chi connectivity index (χ3v) is 2.99. The summed E-state index contributed by atoms with van der Waals surface area (Å²) < 4.78 is 5.15. The van der Waals surface area contributed by atoms with Crippen LogP contribution in [0.25, 0.3) is 0 Å². The third kappa shape index (κ3) is 7.49. The summed E-state index contributed by atoms with van der Waals surface area (Å²) in [5.41, 5.74) is 1.89. The molecule has 1 aromatic rings. The van der Waals surface area contributed by atoms with E-state index in [1.54, 1.807) is 0 Å². The van der Waals surface area contributed by atoms with Crippen LogP contribution < -0.4 is 5.32 Å². The van der Waals surface area contributed by atoms with Crippen LogP contribution in [0, 0.1) is 12.8 Å². The highest BCUT2D eigenvalue weighted by Crippen LogP contribution is 2.11. The molecular formula is C17H25NO3. The Morgan fingerprint density at radius 2 is 2.10 bits per heavy atom. The number of aryl methyl sites for hydroxylation is 2. The van der Waals surface area contributed by atoms with Crippen LogP contribution in [0.4, 0.5) is 4.79 Å². The van der Waals surface area contributed by atoms with Crippen molar-refractivity contribution in [3.05, 3.63) is 35.4 Å². The molecule has 1 rings (SSSR count). The molecule has 0 aliphatic rings. The highest BCUT2D eigenvalue weighted by atomic mass is 16.6. The lowest BCUT2D eigenvalue weighted by atomic mass is 9.99. The number of benzene rings is 1. The summed E-state index contributed by atoms with van der Waals surface area (Å²) in [4.78, 5) is 22.6. The fraction of sp³-hybridized carbons (Fsp3) is 0.529. The van der Waals surface area contributed by atoms with Crippen LogP contribution in [0.15, 0.2) is 24.3 Å². The maximum absolute atomic E-state index is 11.5. The van der Waals surface area contributed by atoms with Crippen molar-refractivity contribution in [3.8, 4) is 0 Å². The summed E-state index contributed by atoms with van der Waals surface area (Å²) in [6, 6.07) is 8.23. The molecular weight excluding hydrogens is 266 g/mol. The summed E-state index contributed by atoms with van der Waals surface area (Å²) in [5.74, 6) is -0.196. The van der Waals surface area contributed by atoms with E-state index >= 15 is 0 Å². The number of ether oxygens (including phenoxy) is 1. The Kier molecular flexibility index (Phi) is 6.40. The molecule has 0 fully saturated rings. The topological polar surface area (TPSA) is 55.4 Å². The van der Waals surface area contributed by atoms with Crippen molar-refractivity contribution in [3.63, 3.8) is 0 Å². The first-order valence-corrected chi connectivity index (χ1v) is 7.28. The van der Waals surface area contributed by atoms with E-state index in [0.29, 0.717) is 13.0 Å². The summed E-state index contributed by atoms with van der Waals surface area (Å²) in [6.07, 6.45) is 1.95. The van der Waals surface area contributed by atoms with E-state index in [1.165, 1.54) is 11.1 Å². The lowest BCUT2D eigenvalue weighted by Crippen LogP contribution is -2.35. The van der Waals surface area contributed by atoms with Gasteiger partial charge in [0.2, 0.25) is 0 Å². The van der Waals surface area contributed by atoms with E-state index in [0.717, 1.165) is 12.7 Å². The fourth-order valence-electron chi connectivity index (χ4n) is 1.97. The van der Waals surface area contributed by atoms with Crippen molar-refractivity contribution in [1.29, 1.82) is 0 Å². The van der Waals surface area contributed by atoms with E-state index < -0.39 is 11.7 Å². The summed E-state index contributed by atoms with van der Waals surface area (Å²) in [7, 11) is 0. The van der Waals surface area contributed by atoms with Gasteiger partial charge in [0.15, 0.2) is 0 Å². The highest BCUT2D eigenvalue weighted by Gasteiger charge is 2.17. The zero-order valence-corrected chi connectivity index (χ0v) is 13.3. The molecule has 0 bridgehead atoms. The molecule has 116 valence electrons. The van der Waals surface area contributed by atoms with E-state index in [4.69, 9.17) is 4.74 Å². The van der Waals surface area contributed by atoms with Gasteiger partial charge in [0.25, 0.3) is 0 Å². The Hall–Kier alpha value is -1.84. The van der Waals surface area contributed by atoms with Gasteiger partial charge in [-0.15, -0.1) is 0 Å². The first kappa shape index (κ1) is 17.2. The molecule has 0 saturated heterocycles. The van der Waals surface area contributed by atoms with Gasteiger partial charge in [-0.25, -0.2) is 4.79 Å². The molecule has 21 heavy (non-hydrogen) atoms. The zero-order valence-electron chi connectivity index (χ0n) is 13.3. The molecule has 1 aromatic carbocycles. The molecule has 1 N–H and O–H groups in total. The van der Waals surface area contributed by atoms with Crippen molar-refractivity contribution >= 4 is 12.4 Å². The zero-order chi connectivity index (χ0) is 15.9. The van der Waals surface area contributed by atoms with Crippen LogP contribution in [0.5, 0.6) is 0 Å². The lowest BCUT2D eigenvalue weighted by Gasteiger charge is -2.20. The van der Waals surface area contributed by atoms with E-state index in [2.05, 4.69) is 17.4 Å². The number of alkyl carbamates (subject to hydrolysis) is 1. The first-order valence-electron chi connectivity index (χ1n) is 7.28. The Morgan fingerprint density at radius 3 is 2.67 bits per heavy atom. The Labute approximate surface area is 126 Å². The lowest BCUT2D eigenvalue weighted by molar-refractivity contribution is -0.111. The molecule has 0 heterocycles. The number of aldehydes is 1. The summed E-state index contributed by atoms with van der Waals surface area (Å²) in [5, 5.41) is 2.65. The highest BCUT2D eigenvalue weighted by molar-refractivity contribution is 5.68. The summed E-state index contributed by atoms with van der Waals surface area (Å²) in [6.45, 7) is 7.78. The van der Waals surface area contributed by atoms with Crippen LogP contribution in [0.1, 0.15) is 38.3 Å². The fourth-order valence-corrected chi connectivity index (χ4v) is 1.97.